The molecule has 1 saturated heterocycles. The van der Waals surface area contributed by atoms with Crippen molar-refractivity contribution in [2.75, 3.05) is 44.7 Å². The van der Waals surface area contributed by atoms with Crippen LogP contribution < -0.4 is 5.32 Å². The van der Waals surface area contributed by atoms with Crippen LogP contribution in [0.25, 0.3) is 22.6 Å². The van der Waals surface area contributed by atoms with Crippen LogP contribution in [0.2, 0.25) is 0 Å². The van der Waals surface area contributed by atoms with Gasteiger partial charge in [0.1, 0.15) is 5.82 Å². The molecule has 1 N–H and O–H groups in total. The molecule has 0 unspecified atom stereocenters. The van der Waals surface area contributed by atoms with Crippen LogP contribution >= 0.6 is 0 Å². The van der Waals surface area contributed by atoms with E-state index in [9.17, 15) is 13.2 Å². The van der Waals surface area contributed by atoms with Gasteiger partial charge in [-0.1, -0.05) is 12.1 Å². The molecule has 0 spiro atoms. The van der Waals surface area contributed by atoms with Crippen molar-refractivity contribution >= 4 is 5.82 Å². The highest BCUT2D eigenvalue weighted by Gasteiger charge is 2.30. The molecule has 0 bridgehead atoms. The number of aromatic nitrogens is 3. The maximum absolute atomic E-state index is 13.2. The third kappa shape index (κ3) is 5.80. The zero-order chi connectivity index (χ0) is 22.4. The largest absolute Gasteiger partial charge is 0.416 e. The fourth-order valence-corrected chi connectivity index (χ4v) is 3.51. The van der Waals surface area contributed by atoms with E-state index in [0.717, 1.165) is 51.4 Å². The van der Waals surface area contributed by atoms with Crippen LogP contribution in [0.1, 0.15) is 12.0 Å². The van der Waals surface area contributed by atoms with Crippen molar-refractivity contribution in [3.8, 4) is 22.6 Å². The van der Waals surface area contributed by atoms with Crippen molar-refractivity contribution < 1.29 is 17.9 Å². The molecule has 9 heteroatoms. The van der Waals surface area contributed by atoms with Gasteiger partial charge in [0.2, 0.25) is 0 Å². The van der Waals surface area contributed by atoms with Gasteiger partial charge in [-0.25, -0.2) is 9.97 Å². The molecule has 1 aromatic carbocycles. The number of anilines is 1. The number of rotatable bonds is 7. The Balaban J connectivity index is 1.56. The van der Waals surface area contributed by atoms with E-state index in [4.69, 9.17) is 4.74 Å². The second-order valence-electron chi connectivity index (χ2n) is 7.52. The molecule has 3 aromatic rings. The van der Waals surface area contributed by atoms with Crippen LogP contribution in [-0.2, 0) is 10.9 Å². The summed E-state index contributed by atoms with van der Waals surface area (Å²) in [5.74, 6) is 0.969. The lowest BCUT2D eigenvalue weighted by atomic mass is 10.1. The SMILES string of the molecule is FC(F)(F)c1cccc(-c2cc(NCCCN3CCOCC3)nc(-c3cccnc3)n2)c1. The summed E-state index contributed by atoms with van der Waals surface area (Å²) in [4.78, 5) is 15.5. The number of benzene rings is 1. The van der Waals surface area contributed by atoms with E-state index in [2.05, 4.69) is 25.2 Å². The van der Waals surface area contributed by atoms with Crippen LogP contribution in [0.15, 0.2) is 54.9 Å². The number of halogens is 3. The normalized spacial score (nSPS) is 15.0. The van der Waals surface area contributed by atoms with E-state index in [1.165, 1.54) is 6.07 Å². The first-order valence-electron chi connectivity index (χ1n) is 10.5. The van der Waals surface area contributed by atoms with Gasteiger partial charge in [0, 0.05) is 49.2 Å². The third-order valence-corrected chi connectivity index (χ3v) is 5.19. The minimum atomic E-state index is -4.42. The lowest BCUT2D eigenvalue weighted by Gasteiger charge is -2.26. The van der Waals surface area contributed by atoms with E-state index in [1.807, 2.05) is 6.07 Å². The third-order valence-electron chi connectivity index (χ3n) is 5.19. The molecule has 1 fully saturated rings. The van der Waals surface area contributed by atoms with Gasteiger partial charge in [0.05, 0.1) is 24.5 Å². The summed E-state index contributed by atoms with van der Waals surface area (Å²) in [6, 6.07) is 10.4. The summed E-state index contributed by atoms with van der Waals surface area (Å²) in [6.07, 6.45) is -0.237. The highest BCUT2D eigenvalue weighted by molar-refractivity contribution is 5.67. The van der Waals surface area contributed by atoms with Crippen molar-refractivity contribution in [1.82, 2.24) is 19.9 Å². The Morgan fingerprint density at radius 2 is 1.81 bits per heavy atom. The van der Waals surface area contributed by atoms with E-state index in [-0.39, 0.29) is 0 Å². The Bertz CT molecular complexity index is 1020. The molecule has 6 nitrogen and oxygen atoms in total. The molecule has 0 saturated carbocycles. The predicted molar refractivity (Wildman–Crippen MR) is 116 cm³/mol. The van der Waals surface area contributed by atoms with Crippen LogP contribution in [-0.4, -0.2) is 59.2 Å². The molecule has 0 aliphatic carbocycles. The molecule has 1 aliphatic heterocycles. The molecule has 1 aliphatic rings. The number of hydrogen-bond acceptors (Lipinski definition) is 6. The Morgan fingerprint density at radius 3 is 2.56 bits per heavy atom. The smallest absolute Gasteiger partial charge is 0.379 e. The van der Waals surface area contributed by atoms with Crippen LogP contribution in [0, 0.1) is 0 Å². The lowest BCUT2D eigenvalue weighted by molar-refractivity contribution is -0.137. The Kier molecular flexibility index (Phi) is 6.96. The Labute approximate surface area is 184 Å². The molecule has 0 atom stereocenters. The second kappa shape index (κ2) is 10.1. The predicted octanol–water partition coefficient (Wildman–Crippen LogP) is 4.36. The van der Waals surface area contributed by atoms with E-state index >= 15 is 0 Å². The van der Waals surface area contributed by atoms with Crippen molar-refractivity contribution in [2.45, 2.75) is 12.6 Å². The van der Waals surface area contributed by atoms with E-state index in [0.29, 0.717) is 35.0 Å². The van der Waals surface area contributed by atoms with Gasteiger partial charge >= 0.3 is 6.18 Å². The minimum Gasteiger partial charge on any atom is -0.379 e. The number of morpholine rings is 1. The van der Waals surface area contributed by atoms with Gasteiger partial charge in [-0.05, 0) is 37.2 Å². The molecule has 0 radical (unpaired) electrons. The first-order chi connectivity index (χ1) is 15.5. The van der Waals surface area contributed by atoms with Crippen molar-refractivity contribution in [3.63, 3.8) is 0 Å². The average Bonchev–Trinajstić information content (AvgIpc) is 2.82. The maximum atomic E-state index is 13.2. The zero-order valence-corrected chi connectivity index (χ0v) is 17.5. The molecule has 4 rings (SSSR count). The molecule has 32 heavy (non-hydrogen) atoms. The van der Waals surface area contributed by atoms with Crippen LogP contribution in [0.4, 0.5) is 19.0 Å². The Morgan fingerprint density at radius 1 is 1.00 bits per heavy atom. The van der Waals surface area contributed by atoms with Crippen molar-refractivity contribution in [3.05, 3.63) is 60.4 Å². The number of pyridine rings is 1. The Hall–Kier alpha value is -3.04. The highest BCUT2D eigenvalue weighted by atomic mass is 19.4. The van der Waals surface area contributed by atoms with E-state index < -0.39 is 11.7 Å². The number of nitrogens with one attached hydrogen (secondary N) is 1. The van der Waals surface area contributed by atoms with E-state index in [1.54, 1.807) is 30.6 Å². The zero-order valence-electron chi connectivity index (χ0n) is 17.5. The van der Waals surface area contributed by atoms with Crippen LogP contribution in [0.3, 0.4) is 0 Å². The number of alkyl halides is 3. The molecule has 168 valence electrons. The molecule has 0 amide bonds. The average molecular weight is 443 g/mol. The van der Waals surface area contributed by atoms with Crippen LogP contribution in [0.5, 0.6) is 0 Å². The summed E-state index contributed by atoms with van der Waals surface area (Å²) in [6.45, 7) is 5.00. The fraction of sp³-hybridized carbons (Fsp3) is 0.348. The monoisotopic (exact) mass is 443 g/mol. The van der Waals surface area contributed by atoms with Gasteiger partial charge in [-0.15, -0.1) is 0 Å². The number of hydrogen-bond donors (Lipinski definition) is 1. The van der Waals surface area contributed by atoms with Gasteiger partial charge < -0.3 is 10.1 Å². The van der Waals surface area contributed by atoms with Gasteiger partial charge in [0.25, 0.3) is 0 Å². The van der Waals surface area contributed by atoms with Crippen molar-refractivity contribution in [1.29, 1.82) is 0 Å². The summed E-state index contributed by atoms with van der Waals surface area (Å²) in [7, 11) is 0. The number of ether oxygens (including phenoxy) is 1. The highest BCUT2D eigenvalue weighted by Crippen LogP contribution is 2.32. The van der Waals surface area contributed by atoms with Crippen molar-refractivity contribution in [2.24, 2.45) is 0 Å². The quantitative estimate of drug-likeness (QED) is 0.548. The van der Waals surface area contributed by atoms with Gasteiger partial charge in [0.15, 0.2) is 5.82 Å². The molecule has 2 aromatic heterocycles. The second-order valence-corrected chi connectivity index (χ2v) is 7.52. The fourth-order valence-electron chi connectivity index (χ4n) is 3.51. The summed E-state index contributed by atoms with van der Waals surface area (Å²) in [5, 5.41) is 3.30. The first kappa shape index (κ1) is 22.2. The maximum Gasteiger partial charge on any atom is 0.416 e. The number of nitrogens with zero attached hydrogens (tertiary/aromatic N) is 4. The summed E-state index contributed by atoms with van der Waals surface area (Å²) in [5.41, 5.74) is 0.776. The summed E-state index contributed by atoms with van der Waals surface area (Å²) >= 11 is 0. The molecule has 3 heterocycles. The lowest BCUT2D eigenvalue weighted by Crippen LogP contribution is -2.37. The molecular weight excluding hydrogens is 419 g/mol. The minimum absolute atomic E-state index is 0.378. The standard InChI is InChI=1S/C23H24F3N5O/c24-23(25,26)19-6-1-4-17(14-19)20-15-21(28-8-3-9-31-10-12-32-13-11-31)30-22(29-20)18-5-2-7-27-16-18/h1-2,4-7,14-16H,3,8-13H2,(H,28,29,30). The first-order valence-corrected chi connectivity index (χ1v) is 10.5. The topological polar surface area (TPSA) is 63.2 Å². The molecular formula is C23H24F3N5O. The summed E-state index contributed by atoms with van der Waals surface area (Å²) < 4.78 is 45.0. The van der Waals surface area contributed by atoms with Gasteiger partial charge in [-0.2, -0.15) is 13.2 Å². The van der Waals surface area contributed by atoms with Gasteiger partial charge in [-0.3, -0.25) is 9.88 Å².